The Morgan fingerprint density at radius 2 is 2.10 bits per heavy atom. The smallest absolute Gasteiger partial charge is 0.0433 e. The van der Waals surface area contributed by atoms with Crippen molar-refractivity contribution in [3.63, 3.8) is 0 Å². The Balaban J connectivity index is 2.38. The van der Waals surface area contributed by atoms with Crippen LogP contribution in [0.15, 0.2) is 16.1 Å². The van der Waals surface area contributed by atoms with Gasteiger partial charge in [0.15, 0.2) is 0 Å². The molecule has 0 aromatic heterocycles. The number of nitrogens with zero attached hydrogens (tertiary/aromatic N) is 1. The van der Waals surface area contributed by atoms with Gasteiger partial charge >= 0.3 is 0 Å². The molecule has 1 aliphatic heterocycles. The van der Waals surface area contributed by atoms with Gasteiger partial charge in [-0.3, -0.25) is 4.99 Å². The van der Waals surface area contributed by atoms with Crippen molar-refractivity contribution in [2.24, 2.45) is 4.99 Å². The quantitative estimate of drug-likeness (QED) is 0.483. The standard InChI is InChI=1S/C9H13N/c1-7-3-2-4-9-8(7)5-6-10-9/h2-6H2,1H3. The van der Waals surface area contributed by atoms with Gasteiger partial charge in [-0.15, -0.1) is 0 Å². The van der Waals surface area contributed by atoms with E-state index in [9.17, 15) is 0 Å². The van der Waals surface area contributed by atoms with Gasteiger partial charge < -0.3 is 0 Å². The minimum atomic E-state index is 1.06. The summed E-state index contributed by atoms with van der Waals surface area (Å²) in [6, 6.07) is 0. The lowest BCUT2D eigenvalue weighted by Gasteiger charge is -2.14. The molecule has 1 aliphatic carbocycles. The van der Waals surface area contributed by atoms with Gasteiger partial charge in [0.25, 0.3) is 0 Å². The zero-order valence-corrected chi connectivity index (χ0v) is 6.48. The molecule has 0 radical (unpaired) electrons. The van der Waals surface area contributed by atoms with Gasteiger partial charge in [-0.1, -0.05) is 5.57 Å². The van der Waals surface area contributed by atoms with E-state index in [0.29, 0.717) is 0 Å². The summed E-state index contributed by atoms with van der Waals surface area (Å²) < 4.78 is 0. The second kappa shape index (κ2) is 2.22. The van der Waals surface area contributed by atoms with Crippen LogP contribution in [0.3, 0.4) is 0 Å². The average Bonchev–Trinajstić information content (AvgIpc) is 2.36. The van der Waals surface area contributed by atoms with E-state index in [1.54, 1.807) is 11.1 Å². The van der Waals surface area contributed by atoms with Crippen LogP contribution < -0.4 is 0 Å². The molecule has 0 saturated heterocycles. The fraction of sp³-hybridized carbons (Fsp3) is 0.667. The average molecular weight is 135 g/mol. The van der Waals surface area contributed by atoms with Crippen LogP contribution in [0.4, 0.5) is 0 Å². The van der Waals surface area contributed by atoms with Crippen LogP contribution in [0.2, 0.25) is 0 Å². The second-order valence-corrected chi connectivity index (χ2v) is 3.19. The summed E-state index contributed by atoms with van der Waals surface area (Å²) >= 11 is 0. The van der Waals surface area contributed by atoms with Gasteiger partial charge in [-0.2, -0.15) is 0 Å². The summed E-state index contributed by atoms with van der Waals surface area (Å²) in [5, 5.41) is 0. The molecule has 54 valence electrons. The summed E-state index contributed by atoms with van der Waals surface area (Å²) in [4.78, 5) is 4.47. The Bertz CT molecular complexity index is 203. The monoisotopic (exact) mass is 135 g/mol. The molecule has 0 aromatic carbocycles. The van der Waals surface area contributed by atoms with Gasteiger partial charge in [0, 0.05) is 12.3 Å². The number of aliphatic imine (C=N–C) groups is 1. The fourth-order valence-electron chi connectivity index (χ4n) is 1.90. The van der Waals surface area contributed by atoms with Crippen LogP contribution in [-0.4, -0.2) is 12.3 Å². The molecule has 0 fully saturated rings. The summed E-state index contributed by atoms with van der Waals surface area (Å²) in [6.07, 6.45) is 5.11. The lowest BCUT2D eigenvalue weighted by atomic mass is 9.91. The highest BCUT2D eigenvalue weighted by molar-refractivity contribution is 6.02. The zero-order chi connectivity index (χ0) is 6.97. The normalized spacial score (nSPS) is 24.7. The third kappa shape index (κ3) is 0.808. The van der Waals surface area contributed by atoms with Crippen molar-refractivity contribution in [3.05, 3.63) is 11.1 Å². The summed E-state index contributed by atoms with van der Waals surface area (Å²) in [7, 11) is 0. The highest BCUT2D eigenvalue weighted by Gasteiger charge is 2.18. The third-order valence-electron chi connectivity index (χ3n) is 2.49. The van der Waals surface area contributed by atoms with Crippen LogP contribution in [0.25, 0.3) is 0 Å². The van der Waals surface area contributed by atoms with Crippen molar-refractivity contribution in [2.75, 3.05) is 6.54 Å². The van der Waals surface area contributed by atoms with Gasteiger partial charge in [0.2, 0.25) is 0 Å². The Labute approximate surface area is 61.9 Å². The highest BCUT2D eigenvalue weighted by Crippen LogP contribution is 2.28. The molecule has 10 heavy (non-hydrogen) atoms. The van der Waals surface area contributed by atoms with Crippen molar-refractivity contribution in [1.82, 2.24) is 0 Å². The topological polar surface area (TPSA) is 12.4 Å². The SMILES string of the molecule is CC1=C2CCN=C2CCC1. The lowest BCUT2D eigenvalue weighted by molar-refractivity contribution is 0.821. The van der Waals surface area contributed by atoms with E-state index >= 15 is 0 Å². The number of fused-ring (bicyclic) bond motifs is 1. The lowest BCUT2D eigenvalue weighted by Crippen LogP contribution is -2.06. The molecule has 2 aliphatic rings. The second-order valence-electron chi connectivity index (χ2n) is 3.19. The first-order valence-electron chi connectivity index (χ1n) is 4.10. The minimum Gasteiger partial charge on any atom is -0.289 e. The Morgan fingerprint density at radius 3 is 2.90 bits per heavy atom. The number of hydrogen-bond acceptors (Lipinski definition) is 1. The molecular weight excluding hydrogens is 122 g/mol. The molecule has 0 bridgehead atoms. The van der Waals surface area contributed by atoms with Crippen LogP contribution in [0, 0.1) is 0 Å². The summed E-state index contributed by atoms with van der Waals surface area (Å²) in [5.74, 6) is 0. The maximum atomic E-state index is 4.47. The van der Waals surface area contributed by atoms with E-state index in [0.717, 1.165) is 6.54 Å². The first-order chi connectivity index (χ1) is 4.88. The molecule has 2 rings (SSSR count). The van der Waals surface area contributed by atoms with Crippen LogP contribution in [0.5, 0.6) is 0 Å². The van der Waals surface area contributed by atoms with E-state index in [4.69, 9.17) is 0 Å². The highest BCUT2D eigenvalue weighted by atomic mass is 14.8. The van der Waals surface area contributed by atoms with Crippen LogP contribution >= 0.6 is 0 Å². The first kappa shape index (κ1) is 6.14. The van der Waals surface area contributed by atoms with E-state index in [2.05, 4.69) is 11.9 Å². The van der Waals surface area contributed by atoms with E-state index in [1.165, 1.54) is 31.4 Å². The molecule has 0 amide bonds. The largest absolute Gasteiger partial charge is 0.289 e. The van der Waals surface area contributed by atoms with Crippen molar-refractivity contribution in [1.29, 1.82) is 0 Å². The van der Waals surface area contributed by atoms with Gasteiger partial charge in [-0.25, -0.2) is 0 Å². The molecule has 1 heterocycles. The summed E-state index contributed by atoms with van der Waals surface area (Å²) in [5.41, 5.74) is 4.61. The Morgan fingerprint density at radius 1 is 1.20 bits per heavy atom. The van der Waals surface area contributed by atoms with Gasteiger partial charge in [0.05, 0.1) is 0 Å². The maximum absolute atomic E-state index is 4.47. The first-order valence-corrected chi connectivity index (χ1v) is 4.10. The Kier molecular flexibility index (Phi) is 1.37. The number of hydrogen-bond donors (Lipinski definition) is 0. The fourth-order valence-corrected chi connectivity index (χ4v) is 1.90. The predicted octanol–water partition coefficient (Wildman–Crippen LogP) is 2.33. The van der Waals surface area contributed by atoms with Gasteiger partial charge in [0.1, 0.15) is 0 Å². The van der Waals surface area contributed by atoms with E-state index in [1.807, 2.05) is 0 Å². The molecule has 0 spiro atoms. The summed E-state index contributed by atoms with van der Waals surface area (Å²) in [6.45, 7) is 3.32. The molecule has 0 atom stereocenters. The molecule has 0 saturated carbocycles. The molecule has 0 N–H and O–H groups in total. The van der Waals surface area contributed by atoms with Crippen molar-refractivity contribution >= 4 is 5.71 Å². The van der Waals surface area contributed by atoms with Crippen molar-refractivity contribution in [2.45, 2.75) is 32.6 Å². The number of allylic oxidation sites excluding steroid dienone is 1. The number of rotatable bonds is 0. The van der Waals surface area contributed by atoms with Crippen LogP contribution in [-0.2, 0) is 0 Å². The van der Waals surface area contributed by atoms with Crippen LogP contribution in [0.1, 0.15) is 32.6 Å². The molecule has 0 aromatic rings. The van der Waals surface area contributed by atoms with Crippen molar-refractivity contribution < 1.29 is 0 Å². The molecular formula is C9H13N. The predicted molar refractivity (Wildman–Crippen MR) is 43.5 cm³/mol. The van der Waals surface area contributed by atoms with Gasteiger partial charge in [-0.05, 0) is 38.2 Å². The maximum Gasteiger partial charge on any atom is 0.0433 e. The van der Waals surface area contributed by atoms with Crippen molar-refractivity contribution in [3.8, 4) is 0 Å². The molecule has 1 heteroatoms. The molecule has 0 unspecified atom stereocenters. The van der Waals surface area contributed by atoms with E-state index in [-0.39, 0.29) is 0 Å². The minimum absolute atomic E-state index is 1.06. The zero-order valence-electron chi connectivity index (χ0n) is 6.48. The third-order valence-corrected chi connectivity index (χ3v) is 2.49. The Hall–Kier alpha value is -0.590. The van der Waals surface area contributed by atoms with E-state index < -0.39 is 0 Å². The molecule has 1 nitrogen and oxygen atoms in total.